The van der Waals surface area contributed by atoms with E-state index in [0.717, 1.165) is 0 Å². The fraction of sp³-hybridized carbons (Fsp3) is 0.500. The highest BCUT2D eigenvalue weighted by Gasteiger charge is 2.25. The summed E-state index contributed by atoms with van der Waals surface area (Å²) in [4.78, 5) is 50.0. The molecule has 0 aromatic carbocycles. The van der Waals surface area contributed by atoms with Crippen molar-refractivity contribution in [2.24, 2.45) is 5.92 Å². The van der Waals surface area contributed by atoms with Crippen LogP contribution in [0.15, 0.2) is 10.9 Å². The predicted octanol–water partition coefficient (Wildman–Crippen LogP) is 1.12. The Morgan fingerprint density at radius 2 is 2.00 bits per heavy atom. The maximum absolute atomic E-state index is 12.2. The highest BCUT2D eigenvalue weighted by atomic mass is 16.4. The van der Waals surface area contributed by atoms with Gasteiger partial charge in [0.05, 0.1) is 0 Å². The van der Waals surface area contributed by atoms with Crippen molar-refractivity contribution in [1.29, 1.82) is 0 Å². The number of hydrogen-bond acceptors (Lipinski definition) is 4. The number of aliphatic carboxylic acids is 1. The third-order valence-electron chi connectivity index (χ3n) is 3.81. The van der Waals surface area contributed by atoms with E-state index in [-0.39, 0.29) is 23.7 Å². The lowest BCUT2D eigenvalue weighted by molar-refractivity contribution is -0.139. The molecule has 7 heteroatoms. The second-order valence-electron chi connectivity index (χ2n) is 6.17. The van der Waals surface area contributed by atoms with E-state index >= 15 is 0 Å². The van der Waals surface area contributed by atoms with Crippen molar-refractivity contribution in [2.75, 3.05) is 0 Å². The zero-order valence-corrected chi connectivity index (χ0v) is 13.1. The predicted molar refractivity (Wildman–Crippen MR) is 82.7 cm³/mol. The molecular formula is C16H20N2O5. The van der Waals surface area contributed by atoms with Crippen molar-refractivity contribution >= 4 is 17.7 Å². The lowest BCUT2D eigenvalue weighted by Gasteiger charge is -2.18. The molecule has 0 saturated heterocycles. The number of aromatic nitrogens is 1. The van der Waals surface area contributed by atoms with Crippen LogP contribution in [0.3, 0.4) is 0 Å². The van der Waals surface area contributed by atoms with Gasteiger partial charge in [-0.3, -0.25) is 14.4 Å². The molecule has 0 fully saturated rings. The number of fused-ring (bicyclic) bond motifs is 1. The van der Waals surface area contributed by atoms with Gasteiger partial charge < -0.3 is 15.4 Å². The van der Waals surface area contributed by atoms with Crippen LogP contribution in [0.1, 0.15) is 59.5 Å². The smallest absolute Gasteiger partial charge is 0.326 e. The first kappa shape index (κ1) is 16.9. The number of aromatic amines is 1. The standard InChI is InChI=1S/C16H20N2O5/c1-8(2)6-12(16(22)23)18-15(21)10-7-9-11(17-14(10)20)4-3-5-13(9)19/h7-8,12H,3-6H2,1-2H3,(H,17,20)(H,18,21)(H,22,23). The van der Waals surface area contributed by atoms with Gasteiger partial charge in [-0.15, -0.1) is 0 Å². The molecule has 2 rings (SSSR count). The highest BCUT2D eigenvalue weighted by Crippen LogP contribution is 2.18. The molecule has 3 N–H and O–H groups in total. The summed E-state index contributed by atoms with van der Waals surface area (Å²) in [7, 11) is 0. The van der Waals surface area contributed by atoms with Crippen LogP contribution >= 0.6 is 0 Å². The molecule has 1 aliphatic rings. The number of pyridine rings is 1. The fourth-order valence-electron chi connectivity index (χ4n) is 2.67. The molecule has 1 amide bonds. The number of rotatable bonds is 5. The van der Waals surface area contributed by atoms with E-state index in [0.29, 0.717) is 30.5 Å². The van der Waals surface area contributed by atoms with Crippen LogP contribution in [0.5, 0.6) is 0 Å². The largest absolute Gasteiger partial charge is 0.480 e. The Hall–Kier alpha value is -2.44. The average molecular weight is 320 g/mol. The number of amides is 1. The minimum absolute atomic E-state index is 0.0693. The van der Waals surface area contributed by atoms with Gasteiger partial charge in [-0.1, -0.05) is 13.8 Å². The zero-order valence-electron chi connectivity index (χ0n) is 13.1. The van der Waals surface area contributed by atoms with E-state index in [4.69, 9.17) is 5.11 Å². The maximum atomic E-state index is 12.2. The van der Waals surface area contributed by atoms with E-state index in [2.05, 4.69) is 10.3 Å². The number of carboxylic acid groups (broad SMARTS) is 1. The SMILES string of the molecule is CC(C)CC(NC(=O)c1cc2c([nH]c1=O)CCCC2=O)C(=O)O. The number of ketones is 1. The van der Waals surface area contributed by atoms with Gasteiger partial charge in [0.25, 0.3) is 11.5 Å². The molecule has 1 aromatic heterocycles. The van der Waals surface area contributed by atoms with E-state index in [1.54, 1.807) is 0 Å². The van der Waals surface area contributed by atoms with E-state index < -0.39 is 23.5 Å². The van der Waals surface area contributed by atoms with E-state index in [9.17, 15) is 19.2 Å². The van der Waals surface area contributed by atoms with Gasteiger partial charge in [0, 0.05) is 17.7 Å². The molecule has 1 unspecified atom stereocenters. The average Bonchev–Trinajstić information content (AvgIpc) is 2.45. The van der Waals surface area contributed by atoms with E-state index in [1.807, 2.05) is 13.8 Å². The second kappa shape index (κ2) is 6.76. The molecule has 0 saturated carbocycles. The Morgan fingerprint density at radius 3 is 2.61 bits per heavy atom. The van der Waals surface area contributed by atoms with Crippen LogP contribution in [0.2, 0.25) is 0 Å². The van der Waals surface area contributed by atoms with Crippen LogP contribution in [0.25, 0.3) is 0 Å². The Bertz CT molecular complexity index is 705. The lowest BCUT2D eigenvalue weighted by Crippen LogP contribution is -2.43. The maximum Gasteiger partial charge on any atom is 0.326 e. The molecular weight excluding hydrogens is 300 g/mol. The van der Waals surface area contributed by atoms with Gasteiger partial charge in [-0.2, -0.15) is 0 Å². The molecule has 1 aliphatic carbocycles. The van der Waals surface area contributed by atoms with Crippen molar-refractivity contribution in [1.82, 2.24) is 10.3 Å². The number of carbonyl (C=O) groups is 3. The summed E-state index contributed by atoms with van der Waals surface area (Å²) in [5.74, 6) is -1.98. The summed E-state index contributed by atoms with van der Waals surface area (Å²) < 4.78 is 0. The van der Waals surface area contributed by atoms with Crippen LogP contribution < -0.4 is 10.9 Å². The van der Waals surface area contributed by atoms with Crippen LogP contribution in [-0.2, 0) is 11.2 Å². The number of Topliss-reactive ketones (excluding diaryl/α,β-unsaturated/α-hetero) is 1. The molecule has 0 aliphatic heterocycles. The summed E-state index contributed by atoms with van der Waals surface area (Å²) in [6.07, 6.45) is 1.89. The van der Waals surface area contributed by atoms with Crippen LogP contribution in [0, 0.1) is 5.92 Å². The first-order valence-electron chi connectivity index (χ1n) is 7.62. The van der Waals surface area contributed by atoms with Crippen molar-refractivity contribution < 1.29 is 19.5 Å². The number of hydrogen-bond donors (Lipinski definition) is 3. The van der Waals surface area contributed by atoms with Gasteiger partial charge in [0.2, 0.25) is 0 Å². The Balaban J connectivity index is 2.28. The summed E-state index contributed by atoms with van der Waals surface area (Å²) in [6, 6.07) is 0.202. The summed E-state index contributed by atoms with van der Waals surface area (Å²) in [5, 5.41) is 11.5. The third kappa shape index (κ3) is 3.85. The van der Waals surface area contributed by atoms with Gasteiger partial charge in [-0.25, -0.2) is 4.79 Å². The normalized spacial score (nSPS) is 15.2. The van der Waals surface area contributed by atoms with Crippen molar-refractivity contribution in [2.45, 2.75) is 45.6 Å². The monoisotopic (exact) mass is 320 g/mol. The molecule has 0 radical (unpaired) electrons. The molecule has 1 heterocycles. The first-order chi connectivity index (χ1) is 10.8. The zero-order chi connectivity index (χ0) is 17.1. The first-order valence-corrected chi connectivity index (χ1v) is 7.62. The molecule has 23 heavy (non-hydrogen) atoms. The number of carboxylic acids is 1. The van der Waals surface area contributed by atoms with Gasteiger partial charge >= 0.3 is 5.97 Å². The van der Waals surface area contributed by atoms with Crippen molar-refractivity contribution in [3.05, 3.63) is 33.2 Å². The Kier molecular flexibility index (Phi) is 4.98. The molecule has 1 aromatic rings. The summed E-state index contributed by atoms with van der Waals surface area (Å²) in [5.41, 5.74) is 0.0511. The van der Waals surface area contributed by atoms with E-state index in [1.165, 1.54) is 6.07 Å². The summed E-state index contributed by atoms with van der Waals surface area (Å²) in [6.45, 7) is 3.68. The van der Waals surface area contributed by atoms with Gasteiger partial charge in [0.1, 0.15) is 11.6 Å². The highest BCUT2D eigenvalue weighted by molar-refractivity contribution is 6.02. The second-order valence-corrected chi connectivity index (χ2v) is 6.17. The Labute approximate surface area is 133 Å². The van der Waals surface area contributed by atoms with Crippen molar-refractivity contribution in [3.8, 4) is 0 Å². The number of nitrogens with one attached hydrogen (secondary N) is 2. The molecule has 0 spiro atoms. The minimum Gasteiger partial charge on any atom is -0.480 e. The third-order valence-corrected chi connectivity index (χ3v) is 3.81. The number of aryl methyl sites for hydroxylation is 1. The molecule has 124 valence electrons. The minimum atomic E-state index is -1.16. The van der Waals surface area contributed by atoms with Crippen LogP contribution in [-0.4, -0.2) is 33.8 Å². The molecule has 1 atom stereocenters. The van der Waals surface area contributed by atoms with Crippen molar-refractivity contribution in [3.63, 3.8) is 0 Å². The van der Waals surface area contributed by atoms with Gasteiger partial charge in [0.15, 0.2) is 5.78 Å². The van der Waals surface area contributed by atoms with Gasteiger partial charge in [-0.05, 0) is 31.2 Å². The Morgan fingerprint density at radius 1 is 1.30 bits per heavy atom. The topological polar surface area (TPSA) is 116 Å². The number of H-pyrrole nitrogens is 1. The molecule has 7 nitrogen and oxygen atoms in total. The molecule has 0 bridgehead atoms. The summed E-state index contributed by atoms with van der Waals surface area (Å²) >= 11 is 0. The fourth-order valence-corrected chi connectivity index (χ4v) is 2.67. The quantitative estimate of drug-likeness (QED) is 0.752. The van der Waals surface area contributed by atoms with Crippen LogP contribution in [0.4, 0.5) is 0 Å². The lowest BCUT2D eigenvalue weighted by atomic mass is 9.93. The number of carbonyl (C=O) groups excluding carboxylic acids is 2.